The number of aliphatic carboxylic acids is 3. The van der Waals surface area contributed by atoms with Crippen LogP contribution in [0.1, 0.15) is 12.8 Å². The maximum absolute atomic E-state index is 10.3. The van der Waals surface area contributed by atoms with Crippen molar-refractivity contribution in [2.24, 2.45) is 0 Å². The van der Waals surface area contributed by atoms with Gasteiger partial charge in [0.1, 0.15) is 73.2 Å². The second-order valence-electron chi connectivity index (χ2n) is 10.4. The number of carboxylic acid groups (broad SMARTS) is 3. The minimum absolute atomic E-state index is 0.0258. The van der Waals surface area contributed by atoms with Crippen LogP contribution >= 0.6 is 0 Å². The highest BCUT2D eigenvalue weighted by atomic mass is 16.7. The van der Waals surface area contributed by atoms with E-state index >= 15 is 0 Å². The van der Waals surface area contributed by atoms with Gasteiger partial charge in [-0.1, -0.05) is 0 Å². The lowest BCUT2D eigenvalue weighted by Crippen LogP contribution is -2.64. The Morgan fingerprint density at radius 2 is 1.21 bits per heavy atom. The van der Waals surface area contributed by atoms with E-state index in [0.29, 0.717) is 0 Å². The van der Waals surface area contributed by atoms with Crippen LogP contribution < -0.4 is 0 Å². The summed E-state index contributed by atoms with van der Waals surface area (Å²) >= 11 is 0. The van der Waals surface area contributed by atoms with E-state index < -0.39 is 142 Å². The van der Waals surface area contributed by atoms with Gasteiger partial charge in [0.05, 0.1) is 32.7 Å². The predicted octanol–water partition coefficient (Wildman–Crippen LogP) is -10.0. The molecule has 0 bridgehead atoms. The molecule has 0 aromatic rings. The maximum atomic E-state index is 10.3. The molecule has 2 aliphatic rings. The zero-order valence-electron chi connectivity index (χ0n) is 24.7. The number of carbonyl (C=O) groups excluding carboxylic acids is 1. The summed E-state index contributed by atoms with van der Waals surface area (Å²) in [7, 11) is 0. The monoisotopic (exact) mass is 714 g/mol. The third kappa shape index (κ3) is 13.0. The van der Waals surface area contributed by atoms with Gasteiger partial charge in [0.15, 0.2) is 24.5 Å². The Morgan fingerprint density at radius 1 is 0.708 bits per heavy atom. The van der Waals surface area contributed by atoms with Gasteiger partial charge in [-0.25, -0.2) is 4.79 Å². The Bertz CT molecular complexity index is 977. The van der Waals surface area contributed by atoms with Crippen molar-refractivity contribution in [3.8, 4) is 0 Å². The van der Waals surface area contributed by atoms with Crippen LogP contribution in [0, 0.1) is 0 Å². The summed E-state index contributed by atoms with van der Waals surface area (Å²) < 4.78 is 15.3. The topological polar surface area (TPSA) is 440 Å². The summed E-state index contributed by atoms with van der Waals surface area (Å²) in [5.74, 6) is -5.02. The van der Waals surface area contributed by atoms with Crippen molar-refractivity contribution in [2.45, 2.75) is 104 Å². The predicted molar refractivity (Wildman–Crippen MR) is 143 cm³/mol. The quantitative estimate of drug-likeness (QED) is 0.0742. The molecule has 0 aliphatic carbocycles. The summed E-state index contributed by atoms with van der Waals surface area (Å²) in [5.41, 5.74) is -2.74. The minimum atomic E-state index is -2.74. The second-order valence-corrected chi connectivity index (χ2v) is 10.4. The molecule has 14 atom stereocenters. The normalized spacial score (nSPS) is 33.0. The van der Waals surface area contributed by atoms with Crippen molar-refractivity contribution < 1.29 is 120 Å². The molecular formula is C24H42O24. The lowest BCUT2D eigenvalue weighted by atomic mass is 9.96. The molecule has 24 heteroatoms. The molecule has 2 fully saturated rings. The van der Waals surface area contributed by atoms with Gasteiger partial charge in [0, 0.05) is 0 Å². The molecule has 17 N–H and O–H groups in total. The average molecular weight is 715 g/mol. The SMILES string of the molecule is O=C(O)CC(O)(CC(=O)O)C(=O)O.O=C[C@H](O)[C@@H](O)[C@H](O)[C@H](O)CO.OC[C@H]1O[C@@H](O[C@H]2[C@H](O)[C@@H](O)[C@H](O)O[C@@H]2CO)[C@H](O)[C@@H](O)[C@H]1O. The summed E-state index contributed by atoms with van der Waals surface area (Å²) in [4.78, 5) is 40.4. The number of carboxylic acids is 3. The van der Waals surface area contributed by atoms with E-state index in [2.05, 4.69) is 0 Å². The zero-order chi connectivity index (χ0) is 37.7. The molecule has 0 spiro atoms. The molecule has 0 amide bonds. The second kappa shape index (κ2) is 20.8. The fourth-order valence-corrected chi connectivity index (χ4v) is 3.90. The summed E-state index contributed by atoms with van der Waals surface area (Å²) in [5, 5.41) is 154. The van der Waals surface area contributed by atoms with Crippen molar-refractivity contribution in [1.29, 1.82) is 0 Å². The van der Waals surface area contributed by atoms with Crippen LogP contribution in [0.15, 0.2) is 0 Å². The van der Waals surface area contributed by atoms with Crippen molar-refractivity contribution in [2.75, 3.05) is 19.8 Å². The lowest BCUT2D eigenvalue weighted by molar-refractivity contribution is -0.355. The first kappa shape index (κ1) is 45.4. The average Bonchev–Trinajstić information content (AvgIpc) is 3.02. The van der Waals surface area contributed by atoms with Crippen LogP contribution in [0.4, 0.5) is 0 Å². The molecule has 0 radical (unpaired) electrons. The molecule has 2 aliphatic heterocycles. The van der Waals surface area contributed by atoms with E-state index in [4.69, 9.17) is 65.3 Å². The van der Waals surface area contributed by atoms with Crippen LogP contribution in [0.3, 0.4) is 0 Å². The van der Waals surface area contributed by atoms with Crippen molar-refractivity contribution >= 4 is 24.2 Å². The molecule has 2 heterocycles. The summed E-state index contributed by atoms with van der Waals surface area (Å²) in [6.45, 7) is -2.11. The molecule has 282 valence electrons. The van der Waals surface area contributed by atoms with Gasteiger partial charge in [-0.2, -0.15) is 0 Å². The van der Waals surface area contributed by atoms with Crippen molar-refractivity contribution in [3.05, 3.63) is 0 Å². The number of aldehydes is 1. The van der Waals surface area contributed by atoms with Gasteiger partial charge in [-0.15, -0.1) is 0 Å². The van der Waals surface area contributed by atoms with Crippen molar-refractivity contribution in [1.82, 2.24) is 0 Å². The Hall–Kier alpha value is -2.60. The van der Waals surface area contributed by atoms with Gasteiger partial charge in [-0.05, 0) is 0 Å². The zero-order valence-corrected chi connectivity index (χ0v) is 24.7. The third-order valence-corrected chi connectivity index (χ3v) is 6.68. The Kier molecular flexibility index (Phi) is 19.7. The van der Waals surface area contributed by atoms with E-state index in [-0.39, 0.29) is 6.29 Å². The fraction of sp³-hybridized carbons (Fsp3) is 0.833. The first-order valence-corrected chi connectivity index (χ1v) is 13.6. The molecule has 0 unspecified atom stereocenters. The van der Waals surface area contributed by atoms with E-state index in [9.17, 15) is 54.9 Å². The van der Waals surface area contributed by atoms with Gasteiger partial charge in [0.25, 0.3) is 0 Å². The lowest BCUT2D eigenvalue weighted by Gasteiger charge is -2.45. The number of carbonyl (C=O) groups is 4. The van der Waals surface area contributed by atoms with E-state index in [1.54, 1.807) is 0 Å². The van der Waals surface area contributed by atoms with Gasteiger partial charge in [0.2, 0.25) is 0 Å². The minimum Gasteiger partial charge on any atom is -0.481 e. The van der Waals surface area contributed by atoms with E-state index in [0.717, 1.165) is 0 Å². The Balaban J connectivity index is 0.000000756. The summed E-state index contributed by atoms with van der Waals surface area (Å²) in [6.07, 6.45) is -24.7. The number of ether oxygens (including phenoxy) is 3. The maximum Gasteiger partial charge on any atom is 0.336 e. The van der Waals surface area contributed by atoms with Crippen LogP contribution in [0.5, 0.6) is 0 Å². The van der Waals surface area contributed by atoms with Crippen LogP contribution in [-0.2, 0) is 33.4 Å². The summed E-state index contributed by atoms with van der Waals surface area (Å²) in [6, 6.07) is 0. The first-order chi connectivity index (χ1) is 22.1. The molecule has 0 saturated carbocycles. The smallest absolute Gasteiger partial charge is 0.336 e. The number of hydrogen-bond donors (Lipinski definition) is 17. The molecule has 2 rings (SSSR count). The third-order valence-electron chi connectivity index (χ3n) is 6.68. The standard InChI is InChI=1S/C12H22O11.C6H8O7.C6H12O6/c13-1-3-5(15)6(16)9(19)12(22-3)23-10-4(2-14)21-11(20)8(18)7(10)17;7-3(8)1-6(13,5(11)12)2-4(9)10;7-1-3(9)5(11)6(12)4(10)2-8/h3-20H,1-2H2;13H,1-2H2,(H,7,8)(H,9,10)(H,11,12);1,3-6,8-12H,2H2/t3-,4-,5+,6+,7-,8-,9-,10-,11-,12+;;3-,4+,5+,6+/m1.0/s1. The number of rotatable bonds is 14. The molecule has 48 heavy (non-hydrogen) atoms. The molecule has 24 nitrogen and oxygen atoms in total. The number of aliphatic hydroxyl groups excluding tert-OH is 13. The molecular weight excluding hydrogens is 672 g/mol. The highest BCUT2D eigenvalue weighted by molar-refractivity contribution is 5.88. The van der Waals surface area contributed by atoms with Crippen LogP contribution in [0.2, 0.25) is 0 Å². The van der Waals surface area contributed by atoms with E-state index in [1.807, 2.05) is 0 Å². The molecule has 2 saturated heterocycles. The largest absolute Gasteiger partial charge is 0.481 e. The molecule has 0 aromatic carbocycles. The van der Waals surface area contributed by atoms with Gasteiger partial charge < -0.3 is 106 Å². The van der Waals surface area contributed by atoms with Crippen molar-refractivity contribution in [3.63, 3.8) is 0 Å². The Labute approximate surface area is 269 Å². The van der Waals surface area contributed by atoms with Crippen LogP contribution in [0.25, 0.3) is 0 Å². The number of hydrogen-bond acceptors (Lipinski definition) is 21. The highest BCUT2D eigenvalue weighted by Gasteiger charge is 2.50. The number of aliphatic hydroxyl groups is 14. The van der Waals surface area contributed by atoms with E-state index in [1.165, 1.54) is 0 Å². The fourth-order valence-electron chi connectivity index (χ4n) is 3.90. The Morgan fingerprint density at radius 3 is 1.60 bits per heavy atom. The van der Waals surface area contributed by atoms with Gasteiger partial charge >= 0.3 is 17.9 Å². The first-order valence-electron chi connectivity index (χ1n) is 13.6. The van der Waals surface area contributed by atoms with Crippen LogP contribution in [-0.4, -0.2) is 222 Å². The molecule has 0 aromatic heterocycles. The van der Waals surface area contributed by atoms with Gasteiger partial charge in [-0.3, -0.25) is 9.59 Å². The highest BCUT2D eigenvalue weighted by Crippen LogP contribution is 2.28.